The van der Waals surface area contributed by atoms with Crippen molar-refractivity contribution >= 4 is 11.7 Å². The number of nitrogens with zero attached hydrogens (tertiary/aromatic N) is 2. The number of carbonyl (C=O) groups is 1. The number of aromatic nitrogens is 1. The number of nitriles is 1. The van der Waals surface area contributed by atoms with E-state index in [1.54, 1.807) is 29.1 Å². The van der Waals surface area contributed by atoms with Crippen molar-refractivity contribution in [1.29, 1.82) is 5.26 Å². The van der Waals surface area contributed by atoms with Crippen LogP contribution in [0.4, 0.5) is 13.2 Å². The number of halogens is 3. The number of allylic oxidation sites excluding steroid dienone is 3. The zero-order chi connectivity index (χ0) is 19.9. The topological polar surface area (TPSA) is 55.0 Å². The van der Waals surface area contributed by atoms with E-state index in [4.69, 9.17) is 4.74 Å². The van der Waals surface area contributed by atoms with Gasteiger partial charge in [-0.3, -0.25) is 9.36 Å². The molecule has 142 valence electrons. The van der Waals surface area contributed by atoms with Crippen molar-refractivity contribution in [2.24, 2.45) is 0 Å². The lowest BCUT2D eigenvalue weighted by Crippen LogP contribution is -2.26. The molecule has 1 aromatic heterocycles. The van der Waals surface area contributed by atoms with Crippen molar-refractivity contribution in [2.45, 2.75) is 31.4 Å². The molecule has 28 heavy (non-hydrogen) atoms. The molecule has 2 heterocycles. The number of hydrogen-bond acceptors (Lipinski definition) is 3. The summed E-state index contributed by atoms with van der Waals surface area (Å²) in [5, 5.41) is 9.84. The number of ketones is 1. The van der Waals surface area contributed by atoms with E-state index < -0.39 is 17.7 Å². The summed E-state index contributed by atoms with van der Waals surface area (Å²) < 4.78 is 46.4. The Hall–Kier alpha value is -3.27. The normalized spacial score (nSPS) is 19.9. The van der Waals surface area contributed by atoms with Crippen LogP contribution in [-0.2, 0) is 15.7 Å². The summed E-state index contributed by atoms with van der Waals surface area (Å²) in [5.41, 5.74) is 0.254. The first-order chi connectivity index (χ1) is 13.4. The second kappa shape index (κ2) is 6.71. The molecule has 0 spiro atoms. The average molecular weight is 384 g/mol. The van der Waals surface area contributed by atoms with Gasteiger partial charge in [0.2, 0.25) is 5.88 Å². The van der Waals surface area contributed by atoms with Crippen LogP contribution in [0.5, 0.6) is 0 Å². The van der Waals surface area contributed by atoms with Crippen LogP contribution in [0.15, 0.2) is 65.7 Å². The molecule has 2 aromatic rings. The zero-order valence-corrected chi connectivity index (χ0v) is 14.7. The highest BCUT2D eigenvalue weighted by molar-refractivity contribution is 6.00. The minimum Gasteiger partial charge on any atom is -0.443 e. The van der Waals surface area contributed by atoms with Crippen molar-refractivity contribution in [3.05, 3.63) is 76.8 Å². The summed E-state index contributed by atoms with van der Waals surface area (Å²) in [4.78, 5) is 12.6. The number of benzene rings is 1. The number of carbonyl (C=O) groups excluding carboxylic acids is 1. The van der Waals surface area contributed by atoms with Gasteiger partial charge < -0.3 is 4.74 Å². The Kier molecular flexibility index (Phi) is 4.34. The van der Waals surface area contributed by atoms with Crippen molar-refractivity contribution in [3.8, 4) is 6.07 Å². The molecular formula is C21H15F3N2O2. The molecule has 0 saturated carbocycles. The standard InChI is InChI=1S/C21H15F3N2O2/c22-21(23,24)14-8-6-13(7-9-14)18-15(12-25)20(26-10-1-2-11-26)28-17-5-3-4-16(27)19(17)18/h1-2,6-11,18H,3-5H2/t18-/m1/s1. The van der Waals surface area contributed by atoms with E-state index in [0.29, 0.717) is 36.2 Å². The van der Waals surface area contributed by atoms with E-state index in [1.807, 2.05) is 0 Å². The van der Waals surface area contributed by atoms with Crippen LogP contribution in [0.2, 0.25) is 0 Å². The van der Waals surface area contributed by atoms with Crippen molar-refractivity contribution in [2.75, 3.05) is 0 Å². The van der Waals surface area contributed by atoms with Crippen LogP contribution >= 0.6 is 0 Å². The SMILES string of the molecule is N#CC1=C(n2cccc2)OC2=C(C(=O)CCC2)[C@@H]1c1ccc(C(F)(F)F)cc1. The fraction of sp³-hybridized carbons (Fsp3) is 0.238. The Morgan fingerprint density at radius 2 is 1.79 bits per heavy atom. The summed E-state index contributed by atoms with van der Waals surface area (Å²) in [6, 6.07) is 10.3. The lowest BCUT2D eigenvalue weighted by molar-refractivity contribution is -0.137. The zero-order valence-electron chi connectivity index (χ0n) is 14.7. The van der Waals surface area contributed by atoms with E-state index in [9.17, 15) is 23.2 Å². The second-order valence-corrected chi connectivity index (χ2v) is 6.69. The van der Waals surface area contributed by atoms with E-state index >= 15 is 0 Å². The Morgan fingerprint density at radius 1 is 1.11 bits per heavy atom. The van der Waals surface area contributed by atoms with Crippen molar-refractivity contribution in [3.63, 3.8) is 0 Å². The molecule has 4 nitrogen and oxygen atoms in total. The van der Waals surface area contributed by atoms with Crippen LogP contribution in [0, 0.1) is 11.3 Å². The minimum atomic E-state index is -4.45. The van der Waals surface area contributed by atoms with Crippen LogP contribution in [0.25, 0.3) is 5.88 Å². The van der Waals surface area contributed by atoms with Gasteiger partial charge in [0.25, 0.3) is 0 Å². The maximum atomic E-state index is 12.9. The number of hydrogen-bond donors (Lipinski definition) is 0. The Bertz CT molecular complexity index is 1020. The van der Waals surface area contributed by atoms with Gasteiger partial charge in [-0.1, -0.05) is 12.1 Å². The van der Waals surface area contributed by atoms with Gasteiger partial charge in [-0.05, 0) is 36.2 Å². The molecule has 0 bridgehead atoms. The molecule has 0 N–H and O–H groups in total. The Morgan fingerprint density at radius 3 is 2.39 bits per heavy atom. The van der Waals surface area contributed by atoms with E-state index in [2.05, 4.69) is 6.07 Å². The maximum Gasteiger partial charge on any atom is 0.416 e. The minimum absolute atomic E-state index is 0.134. The third kappa shape index (κ3) is 3.01. The predicted molar refractivity (Wildman–Crippen MR) is 94.4 cm³/mol. The van der Waals surface area contributed by atoms with Gasteiger partial charge in [-0.25, -0.2) is 0 Å². The first-order valence-corrected chi connectivity index (χ1v) is 8.79. The maximum absolute atomic E-state index is 12.9. The van der Waals surface area contributed by atoms with Crippen molar-refractivity contribution in [1.82, 2.24) is 4.57 Å². The molecule has 1 aromatic carbocycles. The van der Waals surface area contributed by atoms with Crippen LogP contribution in [-0.4, -0.2) is 10.4 Å². The molecule has 2 aliphatic rings. The van der Waals surface area contributed by atoms with Crippen LogP contribution in [0.3, 0.4) is 0 Å². The Labute approximate surface area is 159 Å². The first kappa shape index (κ1) is 18.1. The van der Waals surface area contributed by atoms with Gasteiger partial charge >= 0.3 is 6.18 Å². The average Bonchev–Trinajstić information content (AvgIpc) is 3.21. The van der Waals surface area contributed by atoms with Gasteiger partial charge in [0, 0.05) is 30.8 Å². The first-order valence-electron chi connectivity index (χ1n) is 8.79. The predicted octanol–water partition coefficient (Wildman–Crippen LogP) is 5.02. The smallest absolute Gasteiger partial charge is 0.416 e. The molecular weight excluding hydrogens is 369 g/mol. The molecule has 0 amide bonds. The highest BCUT2D eigenvalue weighted by Crippen LogP contribution is 2.45. The molecule has 4 rings (SSSR count). The monoisotopic (exact) mass is 384 g/mol. The summed E-state index contributed by atoms with van der Waals surface area (Å²) in [7, 11) is 0. The molecule has 1 atom stereocenters. The fourth-order valence-electron chi connectivity index (χ4n) is 3.67. The highest BCUT2D eigenvalue weighted by atomic mass is 19.4. The van der Waals surface area contributed by atoms with Gasteiger partial charge in [0.05, 0.1) is 11.5 Å². The quantitative estimate of drug-likeness (QED) is 0.731. The molecule has 0 fully saturated rings. The highest BCUT2D eigenvalue weighted by Gasteiger charge is 2.39. The summed E-state index contributed by atoms with van der Waals surface area (Å²) in [6.45, 7) is 0. The van der Waals surface area contributed by atoms with Gasteiger partial charge in [-0.15, -0.1) is 0 Å². The van der Waals surface area contributed by atoms with E-state index in [-0.39, 0.29) is 17.2 Å². The summed E-state index contributed by atoms with van der Waals surface area (Å²) in [5.74, 6) is -0.110. The van der Waals surface area contributed by atoms with E-state index in [1.165, 1.54) is 12.1 Å². The number of Topliss-reactive ketones (excluding diaryl/α,β-unsaturated/α-hetero) is 1. The summed E-state index contributed by atoms with van der Waals surface area (Å²) >= 11 is 0. The molecule has 1 aliphatic carbocycles. The second-order valence-electron chi connectivity index (χ2n) is 6.69. The number of alkyl halides is 3. The summed E-state index contributed by atoms with van der Waals surface area (Å²) in [6.07, 6.45) is 0.486. The number of ether oxygens (including phenoxy) is 1. The van der Waals surface area contributed by atoms with Crippen LogP contribution in [0.1, 0.15) is 36.3 Å². The lowest BCUT2D eigenvalue weighted by Gasteiger charge is -2.32. The van der Waals surface area contributed by atoms with Crippen molar-refractivity contribution < 1.29 is 22.7 Å². The van der Waals surface area contributed by atoms with Gasteiger partial charge in [0.1, 0.15) is 17.4 Å². The van der Waals surface area contributed by atoms with E-state index in [0.717, 1.165) is 12.1 Å². The third-order valence-corrected chi connectivity index (χ3v) is 4.97. The van der Waals surface area contributed by atoms with Crippen LogP contribution < -0.4 is 0 Å². The molecule has 1 aliphatic heterocycles. The molecule has 7 heteroatoms. The fourth-order valence-corrected chi connectivity index (χ4v) is 3.67. The molecule has 0 radical (unpaired) electrons. The lowest BCUT2D eigenvalue weighted by atomic mass is 9.77. The van der Waals surface area contributed by atoms with Gasteiger partial charge in [0.15, 0.2) is 5.78 Å². The third-order valence-electron chi connectivity index (χ3n) is 4.97. The molecule has 0 unspecified atom stereocenters. The largest absolute Gasteiger partial charge is 0.443 e. The Balaban J connectivity index is 1.89. The number of rotatable bonds is 2. The van der Waals surface area contributed by atoms with Gasteiger partial charge in [-0.2, -0.15) is 18.4 Å². The molecule has 0 saturated heterocycles.